The standard InChI is InChI=1S/C9H9F3O2/c1-5(13)7-4-6(9(10,11)12)2-3-8(7)14/h2-5,13-14H,1H3. The minimum atomic E-state index is -4.46. The highest BCUT2D eigenvalue weighted by atomic mass is 19.4. The second kappa shape index (κ2) is 3.49. The van der Waals surface area contributed by atoms with E-state index in [2.05, 4.69) is 0 Å². The Morgan fingerprint density at radius 2 is 1.86 bits per heavy atom. The first kappa shape index (κ1) is 10.8. The van der Waals surface area contributed by atoms with Gasteiger partial charge >= 0.3 is 6.18 Å². The number of phenols is 1. The highest BCUT2D eigenvalue weighted by Crippen LogP contribution is 2.34. The van der Waals surface area contributed by atoms with Crippen molar-refractivity contribution >= 4 is 0 Å². The summed E-state index contributed by atoms with van der Waals surface area (Å²) in [6.07, 6.45) is -5.59. The molecule has 0 saturated carbocycles. The van der Waals surface area contributed by atoms with Crippen LogP contribution in [-0.4, -0.2) is 10.2 Å². The van der Waals surface area contributed by atoms with Gasteiger partial charge in [-0.3, -0.25) is 0 Å². The van der Waals surface area contributed by atoms with Gasteiger partial charge in [0, 0.05) is 5.56 Å². The Bertz CT molecular complexity index is 331. The number of aliphatic hydroxyl groups excluding tert-OH is 1. The summed E-state index contributed by atoms with van der Waals surface area (Å²) in [6, 6.07) is 2.42. The lowest BCUT2D eigenvalue weighted by molar-refractivity contribution is -0.137. The Hall–Kier alpha value is -1.23. The topological polar surface area (TPSA) is 40.5 Å². The zero-order valence-corrected chi connectivity index (χ0v) is 7.34. The normalized spacial score (nSPS) is 14.1. The fraction of sp³-hybridized carbons (Fsp3) is 0.333. The molecule has 0 heterocycles. The van der Waals surface area contributed by atoms with Gasteiger partial charge in [-0.2, -0.15) is 13.2 Å². The number of hydrogen-bond donors (Lipinski definition) is 2. The first-order chi connectivity index (χ1) is 6.32. The fourth-order valence-corrected chi connectivity index (χ4v) is 1.07. The summed E-state index contributed by atoms with van der Waals surface area (Å²) in [5, 5.41) is 18.2. The second-order valence-corrected chi connectivity index (χ2v) is 2.95. The molecule has 1 aromatic rings. The molecular formula is C9H9F3O2. The van der Waals surface area contributed by atoms with Gasteiger partial charge in [-0.15, -0.1) is 0 Å². The van der Waals surface area contributed by atoms with Crippen molar-refractivity contribution in [1.29, 1.82) is 0 Å². The van der Waals surface area contributed by atoms with Crippen LogP contribution in [0, 0.1) is 0 Å². The van der Waals surface area contributed by atoms with Gasteiger partial charge in [0.1, 0.15) is 5.75 Å². The van der Waals surface area contributed by atoms with Crippen molar-refractivity contribution in [2.45, 2.75) is 19.2 Å². The Labute approximate surface area is 78.6 Å². The first-order valence-electron chi connectivity index (χ1n) is 3.90. The summed E-state index contributed by atoms with van der Waals surface area (Å²) in [5.41, 5.74) is -1.01. The number of phenolic OH excluding ortho intramolecular Hbond substituents is 1. The summed E-state index contributed by atoms with van der Waals surface area (Å²) in [7, 11) is 0. The number of alkyl halides is 3. The van der Waals surface area contributed by atoms with Crippen LogP contribution >= 0.6 is 0 Å². The molecule has 0 radical (unpaired) electrons. The van der Waals surface area contributed by atoms with Gasteiger partial charge in [0.05, 0.1) is 11.7 Å². The van der Waals surface area contributed by atoms with Crippen LogP contribution < -0.4 is 0 Å². The molecular weight excluding hydrogens is 197 g/mol. The van der Waals surface area contributed by atoms with Gasteiger partial charge in [-0.1, -0.05) is 0 Å². The van der Waals surface area contributed by atoms with E-state index in [1.807, 2.05) is 0 Å². The van der Waals surface area contributed by atoms with Crippen LogP contribution in [0.1, 0.15) is 24.2 Å². The maximum atomic E-state index is 12.2. The summed E-state index contributed by atoms with van der Waals surface area (Å²) >= 11 is 0. The highest BCUT2D eigenvalue weighted by molar-refractivity contribution is 5.38. The molecule has 0 amide bonds. The third kappa shape index (κ3) is 2.17. The summed E-state index contributed by atoms with van der Waals surface area (Å²) in [6.45, 7) is 1.29. The Morgan fingerprint density at radius 3 is 2.29 bits per heavy atom. The van der Waals surface area contributed by atoms with E-state index in [4.69, 9.17) is 10.2 Å². The minimum absolute atomic E-state index is 0.125. The van der Waals surface area contributed by atoms with E-state index in [9.17, 15) is 13.2 Å². The average molecular weight is 206 g/mol. The molecule has 0 aliphatic rings. The van der Waals surface area contributed by atoms with Crippen LogP contribution in [0.2, 0.25) is 0 Å². The van der Waals surface area contributed by atoms with Gasteiger partial charge < -0.3 is 10.2 Å². The lowest BCUT2D eigenvalue weighted by Gasteiger charge is -2.11. The third-order valence-electron chi connectivity index (χ3n) is 1.80. The number of aromatic hydroxyl groups is 1. The Balaban J connectivity index is 3.20. The van der Waals surface area contributed by atoms with E-state index in [0.717, 1.165) is 18.2 Å². The fourth-order valence-electron chi connectivity index (χ4n) is 1.07. The molecule has 1 rings (SSSR count). The van der Waals surface area contributed by atoms with Gasteiger partial charge in [0.25, 0.3) is 0 Å². The molecule has 1 unspecified atom stereocenters. The second-order valence-electron chi connectivity index (χ2n) is 2.95. The van der Waals surface area contributed by atoms with Crippen LogP contribution in [0.3, 0.4) is 0 Å². The van der Waals surface area contributed by atoms with E-state index in [-0.39, 0.29) is 11.3 Å². The SMILES string of the molecule is CC(O)c1cc(C(F)(F)F)ccc1O. The van der Waals surface area contributed by atoms with Crippen molar-refractivity contribution < 1.29 is 23.4 Å². The molecule has 0 aliphatic carbocycles. The zero-order chi connectivity index (χ0) is 10.9. The lowest BCUT2D eigenvalue weighted by Crippen LogP contribution is -2.06. The van der Waals surface area contributed by atoms with E-state index in [0.29, 0.717) is 0 Å². The van der Waals surface area contributed by atoms with Gasteiger partial charge in [0.15, 0.2) is 0 Å². The zero-order valence-electron chi connectivity index (χ0n) is 7.34. The molecule has 1 atom stereocenters. The number of benzene rings is 1. The van der Waals surface area contributed by atoms with Crippen LogP contribution in [0.5, 0.6) is 5.75 Å². The quantitative estimate of drug-likeness (QED) is 0.740. The molecule has 14 heavy (non-hydrogen) atoms. The van der Waals surface area contributed by atoms with Crippen molar-refractivity contribution in [3.63, 3.8) is 0 Å². The summed E-state index contributed by atoms with van der Waals surface area (Å²) < 4.78 is 36.6. The number of halogens is 3. The van der Waals surface area contributed by atoms with E-state index < -0.39 is 17.8 Å². The maximum absolute atomic E-state index is 12.2. The van der Waals surface area contributed by atoms with Gasteiger partial charge in [0.2, 0.25) is 0 Å². The highest BCUT2D eigenvalue weighted by Gasteiger charge is 2.31. The molecule has 0 saturated heterocycles. The minimum Gasteiger partial charge on any atom is -0.508 e. The monoisotopic (exact) mass is 206 g/mol. The molecule has 0 fully saturated rings. The van der Waals surface area contributed by atoms with Crippen molar-refractivity contribution in [2.75, 3.05) is 0 Å². The van der Waals surface area contributed by atoms with Crippen molar-refractivity contribution in [1.82, 2.24) is 0 Å². The van der Waals surface area contributed by atoms with E-state index in [1.165, 1.54) is 6.92 Å². The lowest BCUT2D eigenvalue weighted by atomic mass is 10.1. The predicted molar refractivity (Wildman–Crippen MR) is 43.7 cm³/mol. The predicted octanol–water partition coefficient (Wildman–Crippen LogP) is 2.46. The van der Waals surface area contributed by atoms with Gasteiger partial charge in [-0.25, -0.2) is 0 Å². The molecule has 2 nitrogen and oxygen atoms in total. The van der Waals surface area contributed by atoms with E-state index in [1.54, 1.807) is 0 Å². The number of hydrogen-bond acceptors (Lipinski definition) is 2. The molecule has 0 spiro atoms. The molecule has 2 N–H and O–H groups in total. The van der Waals surface area contributed by atoms with Crippen LogP contribution in [0.4, 0.5) is 13.2 Å². The number of rotatable bonds is 1. The maximum Gasteiger partial charge on any atom is 0.416 e. The Morgan fingerprint density at radius 1 is 1.29 bits per heavy atom. The van der Waals surface area contributed by atoms with Gasteiger partial charge in [-0.05, 0) is 25.1 Å². The molecule has 0 aliphatic heterocycles. The largest absolute Gasteiger partial charge is 0.508 e. The molecule has 5 heteroatoms. The average Bonchev–Trinajstić information content (AvgIpc) is 2.02. The van der Waals surface area contributed by atoms with Crippen molar-refractivity contribution in [2.24, 2.45) is 0 Å². The number of aliphatic hydroxyl groups is 1. The molecule has 1 aromatic carbocycles. The third-order valence-corrected chi connectivity index (χ3v) is 1.80. The van der Waals surface area contributed by atoms with Crippen LogP contribution in [-0.2, 0) is 6.18 Å². The Kier molecular flexibility index (Phi) is 2.71. The molecule has 0 aromatic heterocycles. The molecule has 78 valence electrons. The van der Waals surface area contributed by atoms with Crippen molar-refractivity contribution in [3.05, 3.63) is 29.3 Å². The van der Waals surface area contributed by atoms with Crippen LogP contribution in [0.15, 0.2) is 18.2 Å². The van der Waals surface area contributed by atoms with Crippen molar-refractivity contribution in [3.8, 4) is 5.75 Å². The molecule has 0 bridgehead atoms. The summed E-state index contributed by atoms with van der Waals surface area (Å²) in [5.74, 6) is -0.340. The smallest absolute Gasteiger partial charge is 0.416 e. The van der Waals surface area contributed by atoms with Crippen LogP contribution in [0.25, 0.3) is 0 Å². The summed E-state index contributed by atoms with van der Waals surface area (Å²) in [4.78, 5) is 0. The van der Waals surface area contributed by atoms with E-state index >= 15 is 0 Å². The first-order valence-corrected chi connectivity index (χ1v) is 3.90.